The van der Waals surface area contributed by atoms with Gasteiger partial charge in [-0.2, -0.15) is 0 Å². The van der Waals surface area contributed by atoms with Crippen LogP contribution < -0.4 is 0 Å². The first-order valence-corrected chi connectivity index (χ1v) is 22.8. The molecule has 0 fully saturated rings. The zero-order valence-electron chi connectivity index (χ0n) is 35.5. The molecule has 0 aromatic carbocycles. The number of esters is 2. The van der Waals surface area contributed by atoms with Crippen molar-refractivity contribution < 1.29 is 24.2 Å². The van der Waals surface area contributed by atoms with E-state index in [1.165, 1.54) is 122 Å². The molecule has 1 atom stereocenters. The van der Waals surface area contributed by atoms with Crippen molar-refractivity contribution >= 4 is 11.9 Å². The summed E-state index contributed by atoms with van der Waals surface area (Å²) in [6, 6.07) is 0. The first kappa shape index (κ1) is 51.6. The second-order valence-electron chi connectivity index (χ2n) is 15.1. The van der Waals surface area contributed by atoms with Crippen LogP contribution in [0.3, 0.4) is 0 Å². The summed E-state index contributed by atoms with van der Waals surface area (Å²) >= 11 is 0. The molecule has 0 saturated heterocycles. The summed E-state index contributed by atoms with van der Waals surface area (Å²) in [6.45, 7) is 4.03. The summed E-state index contributed by atoms with van der Waals surface area (Å²) in [6.07, 6.45) is 58.7. The monoisotopic (exact) mass is 755 g/mol. The van der Waals surface area contributed by atoms with Gasteiger partial charge in [0.25, 0.3) is 0 Å². The zero-order valence-corrected chi connectivity index (χ0v) is 35.5. The summed E-state index contributed by atoms with van der Waals surface area (Å²) in [5.41, 5.74) is 0. The van der Waals surface area contributed by atoms with E-state index in [1.807, 2.05) is 0 Å². The number of allylic oxidation sites excluding steroid dienone is 10. The number of carbonyl (C=O) groups is 2. The Labute approximate surface area is 334 Å². The quantitative estimate of drug-likeness (QED) is 0.0382. The van der Waals surface area contributed by atoms with Crippen LogP contribution in [0.4, 0.5) is 0 Å². The second kappa shape index (κ2) is 45.0. The summed E-state index contributed by atoms with van der Waals surface area (Å²) < 4.78 is 10.6. The fourth-order valence-corrected chi connectivity index (χ4v) is 6.41. The maximum atomic E-state index is 12.2. The Bertz CT molecular complexity index is 946. The van der Waals surface area contributed by atoms with E-state index >= 15 is 0 Å². The van der Waals surface area contributed by atoms with E-state index in [0.29, 0.717) is 12.8 Å². The van der Waals surface area contributed by atoms with E-state index in [-0.39, 0.29) is 25.2 Å². The van der Waals surface area contributed by atoms with Crippen LogP contribution in [-0.2, 0) is 19.1 Å². The van der Waals surface area contributed by atoms with E-state index in [9.17, 15) is 14.7 Å². The lowest BCUT2D eigenvalue weighted by Crippen LogP contribution is -2.28. The molecule has 0 aromatic heterocycles. The topological polar surface area (TPSA) is 72.8 Å². The van der Waals surface area contributed by atoms with Crippen molar-refractivity contribution in [1.29, 1.82) is 0 Å². The van der Waals surface area contributed by atoms with Gasteiger partial charge in [-0.05, 0) is 57.8 Å². The SMILES string of the molecule is CC/C=C\C/C=C\C/C=C\C/C=C\C/C=C\CCCCCCCCCCCCCC(=O)OC(CO)COC(=O)CCCCCCCCCCCCCCC. The maximum Gasteiger partial charge on any atom is 0.306 e. The third-order valence-corrected chi connectivity index (χ3v) is 9.83. The van der Waals surface area contributed by atoms with Crippen LogP contribution in [0.1, 0.15) is 219 Å². The van der Waals surface area contributed by atoms with Crippen LogP contribution in [0, 0.1) is 0 Å². The van der Waals surface area contributed by atoms with Gasteiger partial charge in [0.05, 0.1) is 6.61 Å². The molecule has 54 heavy (non-hydrogen) atoms. The summed E-state index contributed by atoms with van der Waals surface area (Å²) in [4.78, 5) is 24.3. The maximum absolute atomic E-state index is 12.2. The Hall–Kier alpha value is -2.40. The standard InChI is InChI=1S/C49H86O5/c1-3-5-7-9-11-13-15-17-18-19-20-21-22-23-24-25-26-27-28-29-30-32-34-36-38-40-42-44-49(52)54-47(45-50)46-53-48(51)43-41-39-37-35-33-31-16-14-12-10-8-6-4-2/h5,7,11,13,17-18,20-21,23-24,47,50H,3-4,6,8-10,12,14-16,19,22,25-46H2,1-2H3/b7-5-,13-11-,18-17-,21-20-,24-23-. The van der Waals surface area contributed by atoms with Crippen molar-refractivity contribution in [1.82, 2.24) is 0 Å². The molecule has 0 amide bonds. The van der Waals surface area contributed by atoms with Crippen molar-refractivity contribution in [2.24, 2.45) is 0 Å². The molecular formula is C49H86O5. The van der Waals surface area contributed by atoms with Crippen molar-refractivity contribution in [3.63, 3.8) is 0 Å². The fourth-order valence-electron chi connectivity index (χ4n) is 6.41. The van der Waals surface area contributed by atoms with Crippen molar-refractivity contribution in [2.45, 2.75) is 225 Å². The Morgan fingerprint density at radius 3 is 1.20 bits per heavy atom. The molecule has 0 aliphatic rings. The lowest BCUT2D eigenvalue weighted by Gasteiger charge is -2.15. The lowest BCUT2D eigenvalue weighted by atomic mass is 10.0. The molecule has 5 nitrogen and oxygen atoms in total. The largest absolute Gasteiger partial charge is 0.462 e. The van der Waals surface area contributed by atoms with Crippen molar-refractivity contribution in [2.75, 3.05) is 13.2 Å². The highest BCUT2D eigenvalue weighted by atomic mass is 16.6. The van der Waals surface area contributed by atoms with Crippen LogP contribution >= 0.6 is 0 Å². The predicted molar refractivity (Wildman–Crippen MR) is 233 cm³/mol. The molecule has 312 valence electrons. The van der Waals surface area contributed by atoms with E-state index in [4.69, 9.17) is 9.47 Å². The molecule has 5 heteroatoms. The Morgan fingerprint density at radius 2 is 0.796 bits per heavy atom. The van der Waals surface area contributed by atoms with Gasteiger partial charge in [0.15, 0.2) is 6.10 Å². The van der Waals surface area contributed by atoms with Crippen LogP contribution in [0.15, 0.2) is 60.8 Å². The van der Waals surface area contributed by atoms with Gasteiger partial charge >= 0.3 is 11.9 Å². The Kier molecular flexibility index (Phi) is 43.0. The zero-order chi connectivity index (χ0) is 39.3. The van der Waals surface area contributed by atoms with E-state index in [1.54, 1.807) is 0 Å². The average Bonchev–Trinajstić information content (AvgIpc) is 3.17. The van der Waals surface area contributed by atoms with E-state index < -0.39 is 6.10 Å². The van der Waals surface area contributed by atoms with Crippen LogP contribution in [0.2, 0.25) is 0 Å². The van der Waals surface area contributed by atoms with Gasteiger partial charge < -0.3 is 14.6 Å². The molecule has 0 bridgehead atoms. The number of hydrogen-bond donors (Lipinski definition) is 1. The van der Waals surface area contributed by atoms with Crippen molar-refractivity contribution in [3.05, 3.63) is 60.8 Å². The first-order chi connectivity index (χ1) is 26.6. The number of ether oxygens (including phenoxy) is 2. The smallest absolute Gasteiger partial charge is 0.306 e. The number of rotatable bonds is 41. The molecule has 0 aromatic rings. The molecule has 0 aliphatic heterocycles. The van der Waals surface area contributed by atoms with Crippen LogP contribution in [-0.4, -0.2) is 36.4 Å². The summed E-state index contributed by atoms with van der Waals surface area (Å²) in [5, 5.41) is 9.58. The molecular weight excluding hydrogens is 669 g/mol. The number of unbranched alkanes of at least 4 members (excludes halogenated alkanes) is 23. The minimum absolute atomic E-state index is 0.0657. The molecule has 0 spiro atoms. The highest BCUT2D eigenvalue weighted by Crippen LogP contribution is 2.15. The normalized spacial score (nSPS) is 12.7. The molecule has 0 saturated carbocycles. The van der Waals surface area contributed by atoms with Gasteiger partial charge in [-0.25, -0.2) is 0 Å². The molecule has 0 radical (unpaired) electrons. The number of carbonyl (C=O) groups excluding carboxylic acids is 2. The van der Waals surface area contributed by atoms with Gasteiger partial charge in [-0.15, -0.1) is 0 Å². The number of hydrogen-bond acceptors (Lipinski definition) is 5. The van der Waals surface area contributed by atoms with Gasteiger partial charge in [-0.3, -0.25) is 9.59 Å². The molecule has 1 N–H and O–H groups in total. The average molecular weight is 755 g/mol. The summed E-state index contributed by atoms with van der Waals surface area (Å²) in [5.74, 6) is -0.590. The van der Waals surface area contributed by atoms with Gasteiger partial charge in [-0.1, -0.05) is 209 Å². The van der Waals surface area contributed by atoms with Gasteiger partial charge in [0.2, 0.25) is 0 Å². The molecule has 0 rings (SSSR count). The minimum atomic E-state index is -0.772. The second-order valence-corrected chi connectivity index (χ2v) is 15.1. The van der Waals surface area contributed by atoms with Gasteiger partial charge in [0.1, 0.15) is 6.61 Å². The third-order valence-electron chi connectivity index (χ3n) is 9.83. The molecule has 0 heterocycles. The third kappa shape index (κ3) is 42.3. The first-order valence-electron chi connectivity index (χ1n) is 22.8. The fraction of sp³-hybridized carbons (Fsp3) is 0.755. The van der Waals surface area contributed by atoms with Crippen molar-refractivity contribution in [3.8, 4) is 0 Å². The van der Waals surface area contributed by atoms with Crippen LogP contribution in [0.5, 0.6) is 0 Å². The van der Waals surface area contributed by atoms with E-state index in [2.05, 4.69) is 74.6 Å². The number of aliphatic hydroxyl groups excluding tert-OH is 1. The van der Waals surface area contributed by atoms with Crippen LogP contribution in [0.25, 0.3) is 0 Å². The molecule has 1 unspecified atom stereocenters. The Morgan fingerprint density at radius 1 is 0.444 bits per heavy atom. The highest BCUT2D eigenvalue weighted by Gasteiger charge is 2.16. The highest BCUT2D eigenvalue weighted by molar-refractivity contribution is 5.70. The summed E-state index contributed by atoms with van der Waals surface area (Å²) in [7, 11) is 0. The number of aliphatic hydroxyl groups is 1. The lowest BCUT2D eigenvalue weighted by molar-refractivity contribution is -0.161. The Balaban J connectivity index is 3.52. The predicted octanol–water partition coefficient (Wildman–Crippen LogP) is 14.7. The minimum Gasteiger partial charge on any atom is -0.462 e. The van der Waals surface area contributed by atoms with E-state index in [0.717, 1.165) is 70.6 Å². The van der Waals surface area contributed by atoms with Gasteiger partial charge in [0, 0.05) is 12.8 Å². The molecule has 0 aliphatic carbocycles.